The fourth-order valence-corrected chi connectivity index (χ4v) is 3.69. The molecule has 1 aliphatic heterocycles. The zero-order valence-electron chi connectivity index (χ0n) is 11.7. The van der Waals surface area contributed by atoms with Crippen molar-refractivity contribution >= 4 is 0 Å². The number of hydrogen-bond donors (Lipinski definition) is 0. The average Bonchev–Trinajstić information content (AvgIpc) is 2.46. The molecule has 0 radical (unpaired) electrons. The van der Waals surface area contributed by atoms with Gasteiger partial charge in [0.15, 0.2) is 0 Å². The predicted octanol–water partition coefficient (Wildman–Crippen LogP) is 4.57. The van der Waals surface area contributed by atoms with Crippen LogP contribution in [0.3, 0.4) is 0 Å². The van der Waals surface area contributed by atoms with Crippen LogP contribution in [-0.2, 0) is 0 Å². The van der Waals surface area contributed by atoms with Gasteiger partial charge in [-0.2, -0.15) is 0 Å². The molecule has 1 aliphatic rings. The summed E-state index contributed by atoms with van der Waals surface area (Å²) < 4.78 is 0. The van der Waals surface area contributed by atoms with E-state index in [9.17, 15) is 0 Å². The van der Waals surface area contributed by atoms with Gasteiger partial charge in [-0.05, 0) is 52.0 Å². The summed E-state index contributed by atoms with van der Waals surface area (Å²) in [6, 6.07) is 0. The first kappa shape index (κ1) is 16.0. The minimum absolute atomic E-state index is 0. The van der Waals surface area contributed by atoms with E-state index in [0.29, 0.717) is 11.1 Å². The second-order valence-corrected chi connectivity index (χ2v) is 6.73. The van der Waals surface area contributed by atoms with Crippen molar-refractivity contribution in [3.05, 3.63) is 0 Å². The molecule has 1 saturated heterocycles. The van der Waals surface area contributed by atoms with Gasteiger partial charge in [0, 0.05) is 11.1 Å². The van der Waals surface area contributed by atoms with E-state index in [2.05, 4.69) is 53.4 Å². The van der Waals surface area contributed by atoms with Gasteiger partial charge in [0.1, 0.15) is 0 Å². The van der Waals surface area contributed by atoms with Crippen LogP contribution in [0.1, 0.15) is 68.7 Å². The lowest BCUT2D eigenvalue weighted by Crippen LogP contribution is -2.58. The summed E-state index contributed by atoms with van der Waals surface area (Å²) >= 11 is 0. The molecule has 1 nitrogen and oxygen atoms in total. The number of rotatable bonds is 2. The van der Waals surface area contributed by atoms with E-state index in [1.54, 1.807) is 0 Å². The summed E-state index contributed by atoms with van der Waals surface area (Å²) in [7, 11) is 0. The molecule has 0 saturated carbocycles. The minimum Gasteiger partial charge on any atom is -0.292 e. The average molecular weight is 227 g/mol. The van der Waals surface area contributed by atoms with Crippen LogP contribution in [0.15, 0.2) is 0 Å². The van der Waals surface area contributed by atoms with Crippen LogP contribution in [0.2, 0.25) is 0 Å². The quantitative estimate of drug-likeness (QED) is 0.668. The molecule has 0 aromatic carbocycles. The molecule has 0 spiro atoms. The van der Waals surface area contributed by atoms with Crippen molar-refractivity contribution in [3.8, 4) is 0 Å². The maximum atomic E-state index is 2.76. The van der Waals surface area contributed by atoms with E-state index < -0.39 is 0 Å². The molecule has 1 heteroatoms. The molecule has 0 amide bonds. The SMILES string of the molecule is C.CC(C)C1(C(C)C)CCCN1C(C)(C)C. The highest BCUT2D eigenvalue weighted by molar-refractivity contribution is 5.04. The lowest BCUT2D eigenvalue weighted by Gasteiger charge is -2.51. The molecule has 16 heavy (non-hydrogen) atoms. The molecule has 1 fully saturated rings. The maximum absolute atomic E-state index is 2.76. The molecule has 0 aromatic rings. The molecule has 98 valence electrons. The summed E-state index contributed by atoms with van der Waals surface area (Å²) in [5.41, 5.74) is 0.739. The smallest absolute Gasteiger partial charge is 0.0261 e. The Morgan fingerprint density at radius 1 is 1.00 bits per heavy atom. The molecule has 0 unspecified atom stereocenters. The van der Waals surface area contributed by atoms with Crippen molar-refractivity contribution in [2.24, 2.45) is 11.8 Å². The molecule has 0 N–H and O–H groups in total. The van der Waals surface area contributed by atoms with Gasteiger partial charge in [0.25, 0.3) is 0 Å². The number of hydrogen-bond acceptors (Lipinski definition) is 1. The maximum Gasteiger partial charge on any atom is 0.0261 e. The van der Waals surface area contributed by atoms with Crippen LogP contribution in [0, 0.1) is 11.8 Å². The summed E-state index contributed by atoms with van der Waals surface area (Å²) in [6.45, 7) is 17.9. The third kappa shape index (κ3) is 2.45. The van der Waals surface area contributed by atoms with Crippen molar-refractivity contribution in [3.63, 3.8) is 0 Å². The lowest BCUT2D eigenvalue weighted by atomic mass is 9.73. The first-order chi connectivity index (χ1) is 6.73. The highest BCUT2D eigenvalue weighted by Crippen LogP contribution is 2.45. The van der Waals surface area contributed by atoms with Crippen LogP contribution >= 0.6 is 0 Å². The Morgan fingerprint density at radius 3 is 1.69 bits per heavy atom. The summed E-state index contributed by atoms with van der Waals surface area (Å²) in [5.74, 6) is 1.50. The predicted molar refractivity (Wildman–Crippen MR) is 74.8 cm³/mol. The standard InChI is InChI=1S/C14H29N.CH4/c1-11(2)14(12(3)4)9-8-10-15(14)13(5,6)7;/h11-12H,8-10H2,1-7H3;1H4. The Kier molecular flexibility index (Phi) is 5.07. The molecule has 0 aliphatic carbocycles. The van der Waals surface area contributed by atoms with Gasteiger partial charge in [-0.15, -0.1) is 0 Å². The van der Waals surface area contributed by atoms with Gasteiger partial charge in [0.05, 0.1) is 0 Å². The van der Waals surface area contributed by atoms with Crippen LogP contribution < -0.4 is 0 Å². The van der Waals surface area contributed by atoms with E-state index in [0.717, 1.165) is 11.8 Å². The van der Waals surface area contributed by atoms with Crippen LogP contribution in [-0.4, -0.2) is 22.5 Å². The van der Waals surface area contributed by atoms with Gasteiger partial charge < -0.3 is 0 Å². The topological polar surface area (TPSA) is 3.24 Å². The zero-order chi connectivity index (χ0) is 11.9. The first-order valence-electron chi connectivity index (χ1n) is 6.50. The Morgan fingerprint density at radius 2 is 1.44 bits per heavy atom. The zero-order valence-corrected chi connectivity index (χ0v) is 11.7. The van der Waals surface area contributed by atoms with Crippen molar-refractivity contribution in [1.82, 2.24) is 4.90 Å². The highest BCUT2D eigenvalue weighted by atomic mass is 15.3. The second kappa shape index (κ2) is 5.08. The monoisotopic (exact) mass is 227 g/mol. The highest BCUT2D eigenvalue weighted by Gasteiger charge is 2.49. The van der Waals surface area contributed by atoms with Crippen molar-refractivity contribution < 1.29 is 0 Å². The van der Waals surface area contributed by atoms with Gasteiger partial charge in [-0.25, -0.2) is 0 Å². The van der Waals surface area contributed by atoms with E-state index in [1.165, 1.54) is 19.4 Å². The van der Waals surface area contributed by atoms with Gasteiger partial charge in [-0.3, -0.25) is 4.90 Å². The van der Waals surface area contributed by atoms with E-state index in [1.807, 2.05) is 0 Å². The molecular weight excluding hydrogens is 194 g/mol. The van der Waals surface area contributed by atoms with Crippen molar-refractivity contribution in [1.29, 1.82) is 0 Å². The molecule has 1 heterocycles. The Balaban J connectivity index is 0.00000225. The fourth-order valence-electron chi connectivity index (χ4n) is 3.69. The second-order valence-electron chi connectivity index (χ2n) is 6.73. The lowest BCUT2D eigenvalue weighted by molar-refractivity contribution is -0.0220. The van der Waals surface area contributed by atoms with E-state index >= 15 is 0 Å². The van der Waals surface area contributed by atoms with E-state index in [-0.39, 0.29) is 7.43 Å². The van der Waals surface area contributed by atoms with Crippen LogP contribution in [0.4, 0.5) is 0 Å². The normalized spacial score (nSPS) is 21.6. The number of nitrogens with zero attached hydrogens (tertiary/aromatic N) is 1. The molecule has 0 bridgehead atoms. The molecule has 1 rings (SSSR count). The van der Waals surface area contributed by atoms with Crippen LogP contribution in [0.5, 0.6) is 0 Å². The first-order valence-corrected chi connectivity index (χ1v) is 6.50. The van der Waals surface area contributed by atoms with Crippen LogP contribution in [0.25, 0.3) is 0 Å². The third-order valence-corrected chi connectivity index (χ3v) is 4.27. The number of likely N-dealkylation sites (tertiary alicyclic amines) is 1. The fraction of sp³-hybridized carbons (Fsp3) is 1.00. The molecule has 0 atom stereocenters. The van der Waals surface area contributed by atoms with Crippen molar-refractivity contribution in [2.45, 2.75) is 79.8 Å². The Hall–Kier alpha value is -0.0400. The van der Waals surface area contributed by atoms with E-state index in [4.69, 9.17) is 0 Å². The third-order valence-electron chi connectivity index (χ3n) is 4.27. The largest absolute Gasteiger partial charge is 0.292 e. The minimum atomic E-state index is 0. The summed E-state index contributed by atoms with van der Waals surface area (Å²) in [6.07, 6.45) is 2.74. The van der Waals surface area contributed by atoms with Gasteiger partial charge in [0.2, 0.25) is 0 Å². The summed E-state index contributed by atoms with van der Waals surface area (Å²) in [4.78, 5) is 2.76. The summed E-state index contributed by atoms with van der Waals surface area (Å²) in [5, 5.41) is 0. The Bertz CT molecular complexity index is 202. The Labute approximate surface area is 104 Å². The molecule has 0 aromatic heterocycles. The van der Waals surface area contributed by atoms with Gasteiger partial charge in [-0.1, -0.05) is 35.1 Å². The van der Waals surface area contributed by atoms with Gasteiger partial charge >= 0.3 is 0 Å². The molecular formula is C15H33N. The van der Waals surface area contributed by atoms with Crippen molar-refractivity contribution in [2.75, 3.05) is 6.54 Å².